The molecule has 0 amide bonds. The second kappa shape index (κ2) is 4.99. The average molecular weight is 276 g/mol. The van der Waals surface area contributed by atoms with Crippen LogP contribution in [-0.4, -0.2) is 26.5 Å². The highest BCUT2D eigenvalue weighted by molar-refractivity contribution is 7.89. The third-order valence-corrected chi connectivity index (χ3v) is 2.47. The number of anilines is 1. The van der Waals surface area contributed by atoms with Gasteiger partial charge in [-0.25, -0.2) is 13.6 Å². The van der Waals surface area contributed by atoms with Gasteiger partial charge >= 0.3 is 5.97 Å². The topological polar surface area (TPSA) is 112 Å². The van der Waals surface area contributed by atoms with Crippen molar-refractivity contribution >= 4 is 21.9 Å². The van der Waals surface area contributed by atoms with E-state index >= 15 is 0 Å². The Balaban J connectivity index is 2.55. The maximum Gasteiger partial charge on any atom is 0.325 e. The van der Waals surface area contributed by atoms with Gasteiger partial charge in [-0.05, 0) is 26.8 Å². The smallest absolute Gasteiger partial charge is 0.325 e. The van der Waals surface area contributed by atoms with Gasteiger partial charge in [0.25, 0.3) is 10.0 Å². The van der Waals surface area contributed by atoms with Gasteiger partial charge in [-0.3, -0.25) is 4.79 Å². The summed E-state index contributed by atoms with van der Waals surface area (Å²) >= 11 is 0. The first-order valence-electron chi connectivity index (χ1n) is 5.16. The first kappa shape index (κ1) is 14.5. The summed E-state index contributed by atoms with van der Waals surface area (Å²) in [5, 5.41) is 7.10. The molecule has 3 N–H and O–H groups in total. The maximum atomic E-state index is 11.4. The van der Waals surface area contributed by atoms with Gasteiger partial charge in [0.1, 0.15) is 12.1 Å². The van der Waals surface area contributed by atoms with Gasteiger partial charge in [0.05, 0.1) is 0 Å². The third-order valence-electron chi connectivity index (χ3n) is 1.69. The van der Waals surface area contributed by atoms with Crippen molar-refractivity contribution < 1.29 is 22.4 Å². The van der Waals surface area contributed by atoms with Crippen molar-refractivity contribution in [2.75, 3.05) is 11.9 Å². The van der Waals surface area contributed by atoms with Crippen molar-refractivity contribution in [3.05, 3.63) is 12.1 Å². The number of carbonyl (C=O) groups excluding carboxylic acids is 1. The van der Waals surface area contributed by atoms with Gasteiger partial charge < -0.3 is 14.5 Å². The molecule has 18 heavy (non-hydrogen) atoms. The molecule has 0 aromatic carbocycles. The minimum absolute atomic E-state index is 0.130. The molecule has 0 aliphatic heterocycles. The number of furan rings is 1. The summed E-state index contributed by atoms with van der Waals surface area (Å²) in [6.45, 7) is 5.11. The lowest BCUT2D eigenvalue weighted by Gasteiger charge is -2.19. The molecule has 0 unspecified atom stereocenters. The molecule has 1 rings (SSSR count). The van der Waals surface area contributed by atoms with Gasteiger partial charge in [0.15, 0.2) is 5.88 Å². The highest BCUT2D eigenvalue weighted by Gasteiger charge is 2.17. The van der Waals surface area contributed by atoms with Gasteiger partial charge in [0, 0.05) is 6.07 Å². The van der Waals surface area contributed by atoms with E-state index < -0.39 is 21.6 Å². The van der Waals surface area contributed by atoms with Crippen molar-refractivity contribution in [1.82, 2.24) is 0 Å². The van der Waals surface area contributed by atoms with Crippen LogP contribution in [0.25, 0.3) is 0 Å². The first-order valence-corrected chi connectivity index (χ1v) is 6.71. The molecule has 0 radical (unpaired) electrons. The Hall–Kier alpha value is -1.54. The quantitative estimate of drug-likeness (QED) is 0.782. The van der Waals surface area contributed by atoms with Gasteiger partial charge in [0.2, 0.25) is 5.09 Å². The van der Waals surface area contributed by atoms with E-state index in [-0.39, 0.29) is 17.5 Å². The maximum absolute atomic E-state index is 11.4. The van der Waals surface area contributed by atoms with Crippen LogP contribution in [-0.2, 0) is 19.6 Å². The van der Waals surface area contributed by atoms with E-state index in [1.54, 1.807) is 20.8 Å². The van der Waals surface area contributed by atoms with Crippen molar-refractivity contribution in [3.63, 3.8) is 0 Å². The second-order valence-corrected chi connectivity index (χ2v) is 6.10. The van der Waals surface area contributed by atoms with Crippen LogP contribution in [0, 0.1) is 0 Å². The molecule has 1 aromatic rings. The van der Waals surface area contributed by atoms with Crippen LogP contribution in [0.3, 0.4) is 0 Å². The fraction of sp³-hybridized carbons (Fsp3) is 0.500. The Bertz CT molecular complexity index is 527. The molecular formula is C10H16N2O5S. The molecule has 0 saturated carbocycles. The van der Waals surface area contributed by atoms with E-state index in [4.69, 9.17) is 14.3 Å². The average Bonchev–Trinajstić information content (AvgIpc) is 2.59. The van der Waals surface area contributed by atoms with Crippen LogP contribution in [0.2, 0.25) is 0 Å². The summed E-state index contributed by atoms with van der Waals surface area (Å²) in [5.41, 5.74) is -0.576. The van der Waals surface area contributed by atoms with E-state index in [1.165, 1.54) is 12.1 Å². The van der Waals surface area contributed by atoms with Crippen LogP contribution >= 0.6 is 0 Å². The van der Waals surface area contributed by atoms with E-state index in [2.05, 4.69) is 5.32 Å². The van der Waals surface area contributed by atoms with Gasteiger partial charge in [-0.1, -0.05) is 0 Å². The number of nitrogens with two attached hydrogens (primary N) is 1. The van der Waals surface area contributed by atoms with Crippen LogP contribution < -0.4 is 10.5 Å². The SMILES string of the molecule is CC(C)(C)OC(=O)CNc1ccc(S(N)(=O)=O)o1. The van der Waals surface area contributed by atoms with Crippen molar-refractivity contribution in [1.29, 1.82) is 0 Å². The van der Waals surface area contributed by atoms with Gasteiger partial charge in [-0.2, -0.15) is 0 Å². The van der Waals surface area contributed by atoms with Crippen molar-refractivity contribution in [2.24, 2.45) is 5.14 Å². The lowest BCUT2D eigenvalue weighted by atomic mass is 10.2. The molecule has 1 heterocycles. The monoisotopic (exact) mass is 276 g/mol. The molecule has 102 valence electrons. The predicted molar refractivity (Wildman–Crippen MR) is 64.4 cm³/mol. The molecule has 0 fully saturated rings. The zero-order chi connectivity index (χ0) is 14.0. The molecule has 0 aliphatic carbocycles. The molecule has 8 heteroatoms. The zero-order valence-corrected chi connectivity index (χ0v) is 11.2. The van der Waals surface area contributed by atoms with E-state index in [1.807, 2.05) is 0 Å². The number of hydrogen-bond donors (Lipinski definition) is 2. The number of carbonyl (C=O) groups is 1. The molecule has 7 nitrogen and oxygen atoms in total. The summed E-state index contributed by atoms with van der Waals surface area (Å²) < 4.78 is 31.8. The largest absolute Gasteiger partial charge is 0.459 e. The minimum atomic E-state index is -3.87. The zero-order valence-electron chi connectivity index (χ0n) is 10.4. The Kier molecular flexibility index (Phi) is 4.02. The molecule has 0 spiro atoms. The Morgan fingerprint density at radius 3 is 2.50 bits per heavy atom. The van der Waals surface area contributed by atoms with E-state index in [9.17, 15) is 13.2 Å². The number of rotatable bonds is 4. The molecule has 1 aromatic heterocycles. The Morgan fingerprint density at radius 2 is 2.06 bits per heavy atom. The number of hydrogen-bond acceptors (Lipinski definition) is 6. The number of esters is 1. The lowest BCUT2D eigenvalue weighted by molar-refractivity contribution is -0.152. The highest BCUT2D eigenvalue weighted by Crippen LogP contribution is 2.16. The summed E-state index contributed by atoms with van der Waals surface area (Å²) in [4.78, 5) is 11.4. The number of primary sulfonamides is 1. The summed E-state index contributed by atoms with van der Waals surface area (Å²) in [7, 11) is -3.87. The molecule has 0 saturated heterocycles. The summed E-state index contributed by atoms with van der Waals surface area (Å²) in [6, 6.07) is 2.57. The first-order chi connectivity index (χ1) is 8.08. The van der Waals surface area contributed by atoms with Crippen LogP contribution in [0.15, 0.2) is 21.6 Å². The third kappa shape index (κ3) is 4.76. The van der Waals surface area contributed by atoms with Crippen LogP contribution in [0.1, 0.15) is 20.8 Å². The highest BCUT2D eigenvalue weighted by atomic mass is 32.2. The van der Waals surface area contributed by atoms with E-state index in [0.717, 1.165) is 0 Å². The van der Waals surface area contributed by atoms with Crippen molar-refractivity contribution in [2.45, 2.75) is 31.5 Å². The Labute approximate surface area is 105 Å². The molecular weight excluding hydrogens is 260 g/mol. The van der Waals surface area contributed by atoms with Crippen LogP contribution in [0.4, 0.5) is 5.88 Å². The molecule has 0 aliphatic rings. The fourth-order valence-corrected chi connectivity index (χ4v) is 1.57. The number of ether oxygens (including phenoxy) is 1. The van der Waals surface area contributed by atoms with E-state index in [0.29, 0.717) is 0 Å². The van der Waals surface area contributed by atoms with Crippen LogP contribution in [0.5, 0.6) is 0 Å². The predicted octanol–water partition coefficient (Wildman–Crippen LogP) is 0.681. The second-order valence-electron chi connectivity index (χ2n) is 4.60. The summed E-state index contributed by atoms with van der Waals surface area (Å²) in [5.74, 6) is -0.346. The molecule has 0 bridgehead atoms. The standard InChI is InChI=1S/C10H16N2O5S/c1-10(2,3)17-8(13)6-12-7-4-5-9(16-7)18(11,14)15/h4-5,12H,6H2,1-3H3,(H2,11,14,15). The minimum Gasteiger partial charge on any atom is -0.459 e. The lowest BCUT2D eigenvalue weighted by Crippen LogP contribution is -2.28. The Morgan fingerprint density at radius 1 is 1.44 bits per heavy atom. The molecule has 0 atom stereocenters. The number of nitrogens with one attached hydrogen (secondary N) is 1. The number of sulfonamides is 1. The van der Waals surface area contributed by atoms with Crippen molar-refractivity contribution in [3.8, 4) is 0 Å². The summed E-state index contributed by atoms with van der Waals surface area (Å²) in [6.07, 6.45) is 0. The normalized spacial score (nSPS) is 12.2. The van der Waals surface area contributed by atoms with Gasteiger partial charge in [-0.15, -0.1) is 0 Å². The fourth-order valence-electron chi connectivity index (χ4n) is 1.10.